The minimum absolute atomic E-state index is 0.0583. The standard InChI is InChI=1S/C12H24N2O2/c1-9(2)7-10(13)11(15)14-8-12(16-3)5-4-6-12/h9-10H,4-8,13H2,1-3H3,(H,14,15). The van der Waals surface area contributed by atoms with Crippen LogP contribution in [-0.4, -0.2) is 31.2 Å². The fourth-order valence-corrected chi connectivity index (χ4v) is 2.02. The molecule has 1 atom stereocenters. The lowest BCUT2D eigenvalue weighted by atomic mass is 9.80. The summed E-state index contributed by atoms with van der Waals surface area (Å²) in [6.45, 7) is 4.72. The van der Waals surface area contributed by atoms with E-state index < -0.39 is 6.04 Å². The Labute approximate surface area is 97.9 Å². The molecule has 0 spiro atoms. The van der Waals surface area contributed by atoms with Crippen molar-refractivity contribution in [2.75, 3.05) is 13.7 Å². The number of methoxy groups -OCH3 is 1. The maximum atomic E-state index is 11.7. The molecule has 1 amide bonds. The zero-order chi connectivity index (χ0) is 12.2. The Morgan fingerprint density at radius 2 is 2.12 bits per heavy atom. The number of ether oxygens (including phenoxy) is 1. The van der Waals surface area contributed by atoms with Crippen molar-refractivity contribution in [2.45, 2.75) is 51.2 Å². The van der Waals surface area contributed by atoms with E-state index >= 15 is 0 Å². The third-order valence-corrected chi connectivity index (χ3v) is 3.34. The van der Waals surface area contributed by atoms with E-state index in [0.717, 1.165) is 19.3 Å². The van der Waals surface area contributed by atoms with Crippen LogP contribution in [0.4, 0.5) is 0 Å². The topological polar surface area (TPSA) is 64.3 Å². The van der Waals surface area contributed by atoms with Crippen LogP contribution in [0.2, 0.25) is 0 Å². The van der Waals surface area contributed by atoms with Crippen molar-refractivity contribution in [3.63, 3.8) is 0 Å². The summed E-state index contributed by atoms with van der Waals surface area (Å²) in [6.07, 6.45) is 3.97. The summed E-state index contributed by atoms with van der Waals surface area (Å²) < 4.78 is 5.43. The molecule has 0 aromatic heterocycles. The summed E-state index contributed by atoms with van der Waals surface area (Å²) in [6, 6.07) is -0.394. The van der Waals surface area contributed by atoms with Gasteiger partial charge in [-0.3, -0.25) is 4.79 Å². The Morgan fingerprint density at radius 1 is 1.50 bits per heavy atom. The first-order valence-corrected chi connectivity index (χ1v) is 6.07. The SMILES string of the molecule is COC1(CNC(=O)C(N)CC(C)C)CCC1. The molecule has 0 aliphatic heterocycles. The van der Waals surface area contributed by atoms with Gasteiger partial charge in [0.25, 0.3) is 0 Å². The molecule has 3 N–H and O–H groups in total. The molecule has 0 aromatic rings. The second-order valence-electron chi connectivity index (χ2n) is 5.19. The van der Waals surface area contributed by atoms with Crippen LogP contribution in [0.25, 0.3) is 0 Å². The van der Waals surface area contributed by atoms with E-state index in [0.29, 0.717) is 12.5 Å². The zero-order valence-corrected chi connectivity index (χ0v) is 10.6. The molecule has 0 saturated heterocycles. The lowest BCUT2D eigenvalue weighted by Gasteiger charge is -2.40. The highest BCUT2D eigenvalue weighted by Gasteiger charge is 2.37. The molecular formula is C12H24N2O2. The highest BCUT2D eigenvalue weighted by atomic mass is 16.5. The van der Waals surface area contributed by atoms with Crippen molar-refractivity contribution in [1.82, 2.24) is 5.32 Å². The van der Waals surface area contributed by atoms with Gasteiger partial charge in [0, 0.05) is 13.7 Å². The minimum Gasteiger partial charge on any atom is -0.376 e. The first kappa shape index (κ1) is 13.5. The number of carbonyl (C=O) groups excluding carboxylic acids is 1. The van der Waals surface area contributed by atoms with Gasteiger partial charge in [0.1, 0.15) is 0 Å². The molecule has 4 nitrogen and oxygen atoms in total. The van der Waals surface area contributed by atoms with E-state index in [4.69, 9.17) is 10.5 Å². The Balaban J connectivity index is 2.28. The number of nitrogens with two attached hydrogens (primary N) is 1. The first-order chi connectivity index (χ1) is 7.49. The molecule has 94 valence electrons. The molecule has 1 fully saturated rings. The van der Waals surface area contributed by atoms with Crippen molar-refractivity contribution in [1.29, 1.82) is 0 Å². The molecule has 16 heavy (non-hydrogen) atoms. The number of hydrogen-bond donors (Lipinski definition) is 2. The van der Waals surface area contributed by atoms with Gasteiger partial charge in [-0.2, -0.15) is 0 Å². The number of carbonyl (C=O) groups is 1. The quantitative estimate of drug-likeness (QED) is 0.714. The van der Waals surface area contributed by atoms with Gasteiger partial charge in [0.05, 0.1) is 11.6 Å². The van der Waals surface area contributed by atoms with Crippen LogP contribution < -0.4 is 11.1 Å². The maximum absolute atomic E-state index is 11.7. The molecule has 1 saturated carbocycles. The van der Waals surface area contributed by atoms with E-state index in [-0.39, 0.29) is 11.5 Å². The predicted molar refractivity (Wildman–Crippen MR) is 64.0 cm³/mol. The van der Waals surface area contributed by atoms with Gasteiger partial charge in [0.2, 0.25) is 5.91 Å². The summed E-state index contributed by atoms with van der Waals surface area (Å²) in [7, 11) is 1.71. The molecule has 1 rings (SSSR count). The summed E-state index contributed by atoms with van der Waals surface area (Å²) in [5.41, 5.74) is 5.68. The van der Waals surface area contributed by atoms with Gasteiger partial charge in [-0.15, -0.1) is 0 Å². The van der Waals surface area contributed by atoms with Gasteiger partial charge in [-0.25, -0.2) is 0 Å². The second kappa shape index (κ2) is 5.64. The molecule has 4 heteroatoms. The van der Waals surface area contributed by atoms with Gasteiger partial charge in [0.15, 0.2) is 0 Å². The highest BCUT2D eigenvalue weighted by molar-refractivity contribution is 5.81. The normalized spacial score (nSPS) is 20.3. The van der Waals surface area contributed by atoms with Crippen LogP contribution in [0.3, 0.4) is 0 Å². The van der Waals surface area contributed by atoms with Gasteiger partial charge in [-0.05, 0) is 31.6 Å². The summed E-state index contributed by atoms with van der Waals surface area (Å²) >= 11 is 0. The molecule has 0 heterocycles. The minimum atomic E-state index is -0.394. The zero-order valence-electron chi connectivity index (χ0n) is 10.6. The average Bonchev–Trinajstić information content (AvgIpc) is 2.15. The Hall–Kier alpha value is -0.610. The van der Waals surface area contributed by atoms with Crippen molar-refractivity contribution >= 4 is 5.91 Å². The predicted octanol–water partition coefficient (Wildman–Crippen LogP) is 1.05. The van der Waals surface area contributed by atoms with Crippen LogP contribution in [0.15, 0.2) is 0 Å². The van der Waals surface area contributed by atoms with Crippen LogP contribution in [0.5, 0.6) is 0 Å². The molecule has 1 aliphatic rings. The molecule has 1 aliphatic carbocycles. The number of nitrogens with one attached hydrogen (secondary N) is 1. The van der Waals surface area contributed by atoms with Crippen molar-refractivity contribution < 1.29 is 9.53 Å². The Morgan fingerprint density at radius 3 is 2.50 bits per heavy atom. The van der Waals surface area contributed by atoms with Crippen molar-refractivity contribution in [3.05, 3.63) is 0 Å². The monoisotopic (exact) mass is 228 g/mol. The highest BCUT2D eigenvalue weighted by Crippen LogP contribution is 2.34. The van der Waals surface area contributed by atoms with Crippen molar-refractivity contribution in [3.8, 4) is 0 Å². The smallest absolute Gasteiger partial charge is 0.237 e. The van der Waals surface area contributed by atoms with Crippen LogP contribution in [-0.2, 0) is 9.53 Å². The Bertz CT molecular complexity index is 232. The van der Waals surface area contributed by atoms with Gasteiger partial charge in [-0.1, -0.05) is 13.8 Å². The van der Waals surface area contributed by atoms with Gasteiger partial charge >= 0.3 is 0 Å². The largest absolute Gasteiger partial charge is 0.376 e. The van der Waals surface area contributed by atoms with E-state index in [2.05, 4.69) is 19.2 Å². The van der Waals surface area contributed by atoms with E-state index in [9.17, 15) is 4.79 Å². The average molecular weight is 228 g/mol. The third-order valence-electron chi connectivity index (χ3n) is 3.34. The fraction of sp³-hybridized carbons (Fsp3) is 0.917. The summed E-state index contributed by atoms with van der Waals surface area (Å²) in [4.78, 5) is 11.7. The molecular weight excluding hydrogens is 204 g/mol. The third kappa shape index (κ3) is 3.46. The van der Waals surface area contributed by atoms with Crippen LogP contribution >= 0.6 is 0 Å². The van der Waals surface area contributed by atoms with Crippen LogP contribution in [0, 0.1) is 5.92 Å². The van der Waals surface area contributed by atoms with Crippen LogP contribution in [0.1, 0.15) is 39.5 Å². The Kier molecular flexibility index (Phi) is 4.74. The lowest BCUT2D eigenvalue weighted by Crippen LogP contribution is -2.52. The maximum Gasteiger partial charge on any atom is 0.237 e. The summed E-state index contributed by atoms with van der Waals surface area (Å²) in [5.74, 6) is 0.387. The number of hydrogen-bond acceptors (Lipinski definition) is 3. The molecule has 0 radical (unpaired) electrons. The van der Waals surface area contributed by atoms with E-state index in [1.54, 1.807) is 7.11 Å². The number of rotatable bonds is 6. The molecule has 0 aromatic carbocycles. The number of amides is 1. The molecule has 1 unspecified atom stereocenters. The van der Waals surface area contributed by atoms with Gasteiger partial charge < -0.3 is 15.8 Å². The lowest BCUT2D eigenvalue weighted by molar-refractivity contribution is -0.126. The fourth-order valence-electron chi connectivity index (χ4n) is 2.02. The molecule has 0 bridgehead atoms. The summed E-state index contributed by atoms with van der Waals surface area (Å²) in [5, 5.41) is 2.89. The van der Waals surface area contributed by atoms with E-state index in [1.807, 2.05) is 0 Å². The van der Waals surface area contributed by atoms with Crippen molar-refractivity contribution in [2.24, 2.45) is 11.7 Å². The first-order valence-electron chi connectivity index (χ1n) is 6.07. The van der Waals surface area contributed by atoms with E-state index in [1.165, 1.54) is 6.42 Å². The second-order valence-corrected chi connectivity index (χ2v) is 5.19.